The van der Waals surface area contributed by atoms with Crippen molar-refractivity contribution < 1.29 is 19.1 Å². The van der Waals surface area contributed by atoms with Crippen LogP contribution in [0.1, 0.15) is 6.42 Å². The molecule has 0 radical (unpaired) electrons. The van der Waals surface area contributed by atoms with E-state index in [4.69, 9.17) is 9.47 Å². The Morgan fingerprint density at radius 1 is 0.783 bits per heavy atom. The number of ketones is 1. The van der Waals surface area contributed by atoms with Gasteiger partial charge in [0.25, 0.3) is 0 Å². The quantitative estimate of drug-likeness (QED) is 0.794. The second-order valence-electron chi connectivity index (χ2n) is 4.89. The number of carbonyl (C=O) groups is 2. The summed E-state index contributed by atoms with van der Waals surface area (Å²) in [7, 11) is 0. The van der Waals surface area contributed by atoms with E-state index < -0.39 is 0 Å². The van der Waals surface area contributed by atoms with Gasteiger partial charge in [-0.05, 0) is 24.3 Å². The highest BCUT2D eigenvalue weighted by atomic mass is 16.5. The fraction of sp³-hybridized carbons (Fsp3) is 0.0526. The number of carbonyl (C=O) groups excluding carboxylic acids is 2. The molecular formula is C19H14O4. The number of hydrogen-bond acceptors (Lipinski definition) is 4. The van der Waals surface area contributed by atoms with Gasteiger partial charge < -0.3 is 9.47 Å². The molecule has 0 bridgehead atoms. The molecule has 0 heterocycles. The van der Waals surface area contributed by atoms with Gasteiger partial charge in [-0.15, -0.1) is 0 Å². The predicted octanol–water partition coefficient (Wildman–Crippen LogP) is 3.45. The van der Waals surface area contributed by atoms with Crippen LogP contribution in [-0.4, -0.2) is 12.1 Å². The van der Waals surface area contributed by atoms with Gasteiger partial charge in [0.15, 0.2) is 12.0 Å². The first-order valence-electron chi connectivity index (χ1n) is 7.17. The zero-order chi connectivity index (χ0) is 16.1. The zero-order valence-corrected chi connectivity index (χ0v) is 12.3. The lowest BCUT2D eigenvalue weighted by Gasteiger charge is -2.19. The van der Waals surface area contributed by atoms with E-state index in [1.807, 2.05) is 24.3 Å². The molecule has 4 heteroatoms. The van der Waals surface area contributed by atoms with Crippen LogP contribution in [0, 0.1) is 0 Å². The molecule has 1 aliphatic carbocycles. The second-order valence-corrected chi connectivity index (χ2v) is 4.89. The zero-order valence-electron chi connectivity index (χ0n) is 12.3. The first kappa shape index (κ1) is 14.8. The van der Waals surface area contributed by atoms with E-state index in [0.29, 0.717) is 23.4 Å². The lowest BCUT2D eigenvalue weighted by Crippen LogP contribution is -2.20. The van der Waals surface area contributed by atoms with Crippen molar-refractivity contribution >= 4 is 12.1 Å². The average molecular weight is 306 g/mol. The van der Waals surface area contributed by atoms with Gasteiger partial charge >= 0.3 is 0 Å². The number of aldehydes is 1. The van der Waals surface area contributed by atoms with Gasteiger partial charge in [-0.2, -0.15) is 0 Å². The Hall–Kier alpha value is -3.14. The molecule has 0 aliphatic heterocycles. The van der Waals surface area contributed by atoms with Crippen molar-refractivity contribution in [3.8, 4) is 11.5 Å². The molecule has 3 rings (SSSR count). The van der Waals surface area contributed by atoms with Crippen LogP contribution in [0.5, 0.6) is 11.5 Å². The number of Topliss-reactive ketones (excluding diaryl/α,β-unsaturated/α-hetero) is 1. The van der Waals surface area contributed by atoms with Gasteiger partial charge in [0.05, 0.1) is 5.57 Å². The van der Waals surface area contributed by atoms with Gasteiger partial charge in [-0.25, -0.2) is 0 Å². The van der Waals surface area contributed by atoms with Crippen LogP contribution < -0.4 is 9.47 Å². The monoisotopic (exact) mass is 306 g/mol. The third-order valence-corrected chi connectivity index (χ3v) is 3.28. The van der Waals surface area contributed by atoms with E-state index in [1.54, 1.807) is 42.5 Å². The largest absolute Gasteiger partial charge is 0.453 e. The average Bonchev–Trinajstić information content (AvgIpc) is 2.60. The molecule has 0 N–H and O–H groups in total. The summed E-state index contributed by atoms with van der Waals surface area (Å²) >= 11 is 0. The molecule has 0 saturated heterocycles. The van der Waals surface area contributed by atoms with Crippen LogP contribution in [0.4, 0.5) is 0 Å². The van der Waals surface area contributed by atoms with E-state index in [-0.39, 0.29) is 23.7 Å². The van der Waals surface area contributed by atoms with Crippen LogP contribution in [0.2, 0.25) is 0 Å². The van der Waals surface area contributed by atoms with Crippen molar-refractivity contribution in [2.24, 2.45) is 0 Å². The summed E-state index contributed by atoms with van der Waals surface area (Å²) < 4.78 is 11.4. The van der Waals surface area contributed by atoms with Gasteiger partial charge in [0, 0.05) is 6.42 Å². The maximum Gasteiger partial charge on any atom is 0.213 e. The smallest absolute Gasteiger partial charge is 0.213 e. The number of rotatable bonds is 5. The highest BCUT2D eigenvalue weighted by molar-refractivity contribution is 6.00. The van der Waals surface area contributed by atoms with Crippen molar-refractivity contribution in [2.45, 2.75) is 6.42 Å². The minimum atomic E-state index is -0.231. The summed E-state index contributed by atoms with van der Waals surface area (Å²) in [5, 5.41) is 0. The first-order chi connectivity index (χ1) is 11.3. The summed E-state index contributed by atoms with van der Waals surface area (Å²) in [6, 6.07) is 17.9. The molecule has 23 heavy (non-hydrogen) atoms. The summed E-state index contributed by atoms with van der Waals surface area (Å²) in [5.41, 5.74) is 0.305. The van der Waals surface area contributed by atoms with Crippen molar-refractivity contribution in [3.63, 3.8) is 0 Å². The van der Waals surface area contributed by atoms with E-state index >= 15 is 0 Å². The molecule has 0 spiro atoms. The van der Waals surface area contributed by atoms with E-state index in [1.165, 1.54) is 0 Å². The molecule has 2 aromatic rings. The van der Waals surface area contributed by atoms with E-state index in [9.17, 15) is 9.59 Å². The van der Waals surface area contributed by atoms with Gasteiger partial charge in [-0.3, -0.25) is 9.59 Å². The molecular weight excluding hydrogens is 292 g/mol. The van der Waals surface area contributed by atoms with E-state index in [2.05, 4.69) is 0 Å². The third kappa shape index (κ3) is 3.37. The standard InChI is InChI=1S/C19H14O4/c20-13-14-11-12-17(21)19(23-16-9-5-2-6-10-16)18(14)22-15-7-3-1-4-8-15/h1-11,13H,12H2. The number of hydrogen-bond donors (Lipinski definition) is 0. The van der Waals surface area contributed by atoms with Crippen molar-refractivity contribution in [1.29, 1.82) is 0 Å². The number of benzene rings is 2. The Balaban J connectivity index is 2.00. The molecule has 0 unspecified atom stereocenters. The minimum absolute atomic E-state index is 0.0460. The maximum atomic E-state index is 12.2. The van der Waals surface area contributed by atoms with Crippen molar-refractivity contribution in [2.75, 3.05) is 0 Å². The van der Waals surface area contributed by atoms with Crippen molar-refractivity contribution in [3.05, 3.63) is 83.8 Å². The summed E-state index contributed by atoms with van der Waals surface area (Å²) in [4.78, 5) is 23.6. The Morgan fingerprint density at radius 3 is 1.83 bits per heavy atom. The Bertz CT molecular complexity index is 774. The van der Waals surface area contributed by atoms with E-state index in [0.717, 1.165) is 0 Å². The van der Waals surface area contributed by atoms with Crippen LogP contribution in [0.15, 0.2) is 83.8 Å². The minimum Gasteiger partial charge on any atom is -0.453 e. The third-order valence-electron chi connectivity index (χ3n) is 3.28. The molecule has 0 atom stereocenters. The number of allylic oxidation sites excluding steroid dienone is 3. The molecule has 114 valence electrons. The summed E-state index contributed by atoms with van der Waals surface area (Å²) in [6.45, 7) is 0. The van der Waals surface area contributed by atoms with Crippen molar-refractivity contribution in [1.82, 2.24) is 0 Å². The highest BCUT2D eigenvalue weighted by Crippen LogP contribution is 2.27. The summed E-state index contributed by atoms with van der Waals surface area (Å²) in [5.74, 6) is 0.998. The lowest BCUT2D eigenvalue weighted by atomic mass is 10.0. The molecule has 2 aromatic carbocycles. The fourth-order valence-electron chi connectivity index (χ4n) is 2.17. The van der Waals surface area contributed by atoms with Gasteiger partial charge in [-0.1, -0.05) is 42.5 Å². The number of ether oxygens (including phenoxy) is 2. The predicted molar refractivity (Wildman–Crippen MR) is 84.9 cm³/mol. The highest BCUT2D eigenvalue weighted by Gasteiger charge is 2.27. The van der Waals surface area contributed by atoms with Gasteiger partial charge in [0.2, 0.25) is 11.5 Å². The Morgan fingerprint density at radius 2 is 1.30 bits per heavy atom. The van der Waals surface area contributed by atoms with Crippen LogP contribution in [0.3, 0.4) is 0 Å². The topological polar surface area (TPSA) is 52.6 Å². The molecule has 4 nitrogen and oxygen atoms in total. The maximum absolute atomic E-state index is 12.2. The molecule has 0 aromatic heterocycles. The second kappa shape index (κ2) is 6.75. The molecule has 0 fully saturated rings. The fourth-order valence-corrected chi connectivity index (χ4v) is 2.17. The van der Waals surface area contributed by atoms with Crippen LogP contribution in [-0.2, 0) is 9.59 Å². The number of para-hydroxylation sites is 2. The molecule has 0 amide bonds. The Kier molecular flexibility index (Phi) is 4.34. The lowest BCUT2D eigenvalue weighted by molar-refractivity contribution is -0.117. The molecule has 0 saturated carbocycles. The summed E-state index contributed by atoms with van der Waals surface area (Å²) in [6.07, 6.45) is 2.32. The van der Waals surface area contributed by atoms with Crippen LogP contribution >= 0.6 is 0 Å². The SMILES string of the molecule is O=CC1=CCC(=O)C(Oc2ccccc2)=C1Oc1ccccc1. The first-order valence-corrected chi connectivity index (χ1v) is 7.17. The van der Waals surface area contributed by atoms with Gasteiger partial charge in [0.1, 0.15) is 11.5 Å². The Labute approximate surface area is 133 Å². The normalized spacial score (nSPS) is 14.3. The van der Waals surface area contributed by atoms with Crippen LogP contribution in [0.25, 0.3) is 0 Å². The molecule has 1 aliphatic rings.